The smallest absolute Gasteiger partial charge is 0.227 e. The Hall–Kier alpha value is -1.06. The molecule has 2 amide bonds. The third kappa shape index (κ3) is 4.84. The van der Waals surface area contributed by atoms with Crippen molar-refractivity contribution in [1.82, 2.24) is 10.2 Å². The van der Waals surface area contributed by atoms with Crippen molar-refractivity contribution in [3.63, 3.8) is 0 Å². The first-order chi connectivity index (χ1) is 8.86. The van der Waals surface area contributed by atoms with E-state index in [4.69, 9.17) is 0 Å². The van der Waals surface area contributed by atoms with E-state index in [2.05, 4.69) is 12.2 Å². The van der Waals surface area contributed by atoms with E-state index in [0.717, 1.165) is 38.8 Å². The van der Waals surface area contributed by atoms with Crippen LogP contribution in [0.2, 0.25) is 0 Å². The number of hydrogen-bond donors (Lipinski definition) is 1. The topological polar surface area (TPSA) is 49.4 Å². The van der Waals surface area contributed by atoms with Crippen molar-refractivity contribution < 1.29 is 9.59 Å². The van der Waals surface area contributed by atoms with Gasteiger partial charge in [-0.05, 0) is 19.3 Å². The van der Waals surface area contributed by atoms with Crippen LogP contribution in [0, 0.1) is 11.3 Å². The molecule has 1 rings (SSSR count). The molecule has 0 unspecified atom stereocenters. The van der Waals surface area contributed by atoms with Crippen LogP contribution in [0.3, 0.4) is 0 Å². The van der Waals surface area contributed by atoms with Crippen LogP contribution in [0.5, 0.6) is 0 Å². The third-order valence-corrected chi connectivity index (χ3v) is 3.55. The summed E-state index contributed by atoms with van der Waals surface area (Å²) >= 11 is 0. The normalized spacial score (nSPS) is 20.2. The van der Waals surface area contributed by atoms with E-state index in [1.165, 1.54) is 0 Å². The fourth-order valence-corrected chi connectivity index (χ4v) is 2.38. The predicted molar refractivity (Wildman–Crippen MR) is 76.7 cm³/mol. The number of carbonyl (C=O) groups is 2. The lowest BCUT2D eigenvalue weighted by Gasteiger charge is -2.35. The summed E-state index contributed by atoms with van der Waals surface area (Å²) in [5, 5.41) is 2.97. The summed E-state index contributed by atoms with van der Waals surface area (Å²) in [4.78, 5) is 26.1. The van der Waals surface area contributed by atoms with Gasteiger partial charge in [-0.2, -0.15) is 0 Å². The lowest BCUT2D eigenvalue weighted by atomic mass is 9.91. The maximum absolute atomic E-state index is 12.2. The van der Waals surface area contributed by atoms with E-state index in [9.17, 15) is 9.59 Å². The van der Waals surface area contributed by atoms with Gasteiger partial charge in [0, 0.05) is 25.0 Å². The molecule has 4 nitrogen and oxygen atoms in total. The summed E-state index contributed by atoms with van der Waals surface area (Å²) in [6, 6.07) is 0. The second kappa shape index (κ2) is 6.92. The highest BCUT2D eigenvalue weighted by Gasteiger charge is 2.33. The Labute approximate surface area is 116 Å². The summed E-state index contributed by atoms with van der Waals surface area (Å²) in [5.41, 5.74) is -0.361. The molecule has 0 aromatic carbocycles. The minimum absolute atomic E-state index is 0.0306. The molecule has 4 heteroatoms. The van der Waals surface area contributed by atoms with E-state index in [1.54, 1.807) is 0 Å². The minimum atomic E-state index is -0.361. The lowest BCUT2D eigenvalue weighted by molar-refractivity contribution is -0.142. The zero-order valence-corrected chi connectivity index (χ0v) is 12.8. The summed E-state index contributed by atoms with van der Waals surface area (Å²) in [7, 11) is 0. The molecule has 1 aliphatic rings. The fourth-order valence-electron chi connectivity index (χ4n) is 2.38. The molecule has 110 valence electrons. The number of nitrogens with one attached hydrogen (secondary N) is 1. The SMILES string of the molecule is CCCCNC(=O)[C@H]1CCCN(C(=O)C(C)(C)C)C1. The van der Waals surface area contributed by atoms with Crippen LogP contribution in [-0.2, 0) is 9.59 Å². The summed E-state index contributed by atoms with van der Waals surface area (Å²) < 4.78 is 0. The molecule has 1 aliphatic heterocycles. The minimum Gasteiger partial charge on any atom is -0.356 e. The molecule has 19 heavy (non-hydrogen) atoms. The van der Waals surface area contributed by atoms with Gasteiger partial charge in [0.05, 0.1) is 5.92 Å². The molecule has 0 aromatic heterocycles. The second-order valence-corrected chi connectivity index (χ2v) is 6.48. The zero-order valence-electron chi connectivity index (χ0n) is 12.8. The summed E-state index contributed by atoms with van der Waals surface area (Å²) in [5.74, 6) is 0.232. The first-order valence-corrected chi connectivity index (χ1v) is 7.43. The maximum atomic E-state index is 12.2. The van der Waals surface area contributed by atoms with Crippen molar-refractivity contribution in [3.05, 3.63) is 0 Å². The lowest BCUT2D eigenvalue weighted by Crippen LogP contribution is -2.48. The Morgan fingerprint density at radius 1 is 1.32 bits per heavy atom. The van der Waals surface area contributed by atoms with E-state index in [0.29, 0.717) is 6.54 Å². The molecule has 1 saturated heterocycles. The van der Waals surface area contributed by atoms with Gasteiger partial charge in [0.2, 0.25) is 11.8 Å². The molecule has 0 aliphatic carbocycles. The fraction of sp³-hybridized carbons (Fsp3) is 0.867. The number of hydrogen-bond acceptors (Lipinski definition) is 2. The Morgan fingerprint density at radius 2 is 2.00 bits per heavy atom. The van der Waals surface area contributed by atoms with Gasteiger partial charge in [0.1, 0.15) is 0 Å². The van der Waals surface area contributed by atoms with Gasteiger partial charge in [0.15, 0.2) is 0 Å². The second-order valence-electron chi connectivity index (χ2n) is 6.48. The largest absolute Gasteiger partial charge is 0.356 e. The van der Waals surface area contributed by atoms with Crippen molar-refractivity contribution in [3.8, 4) is 0 Å². The summed E-state index contributed by atoms with van der Waals surface area (Å²) in [6.07, 6.45) is 3.92. The van der Waals surface area contributed by atoms with E-state index in [-0.39, 0.29) is 23.1 Å². The van der Waals surface area contributed by atoms with E-state index >= 15 is 0 Å². The molecule has 0 spiro atoms. The highest BCUT2D eigenvalue weighted by Crippen LogP contribution is 2.23. The van der Waals surface area contributed by atoms with Crippen LogP contribution < -0.4 is 5.32 Å². The number of unbranched alkanes of at least 4 members (excludes halogenated alkanes) is 1. The maximum Gasteiger partial charge on any atom is 0.227 e. The zero-order chi connectivity index (χ0) is 14.5. The van der Waals surface area contributed by atoms with Crippen LogP contribution in [0.1, 0.15) is 53.4 Å². The van der Waals surface area contributed by atoms with Gasteiger partial charge < -0.3 is 10.2 Å². The number of nitrogens with zero attached hydrogens (tertiary/aromatic N) is 1. The highest BCUT2D eigenvalue weighted by atomic mass is 16.2. The Balaban J connectivity index is 2.50. The molecular formula is C15H28N2O2. The number of rotatable bonds is 4. The van der Waals surface area contributed by atoms with Crippen LogP contribution in [0.25, 0.3) is 0 Å². The van der Waals surface area contributed by atoms with Crippen LogP contribution in [0.15, 0.2) is 0 Å². The van der Waals surface area contributed by atoms with Crippen LogP contribution >= 0.6 is 0 Å². The van der Waals surface area contributed by atoms with Crippen LogP contribution in [0.4, 0.5) is 0 Å². The van der Waals surface area contributed by atoms with Gasteiger partial charge >= 0.3 is 0 Å². The average molecular weight is 268 g/mol. The molecule has 0 radical (unpaired) electrons. The van der Waals surface area contributed by atoms with Crippen molar-refractivity contribution >= 4 is 11.8 Å². The molecular weight excluding hydrogens is 240 g/mol. The standard InChI is InChI=1S/C15H28N2O2/c1-5-6-9-16-13(18)12-8-7-10-17(11-12)14(19)15(2,3)4/h12H,5-11H2,1-4H3,(H,16,18)/t12-/m0/s1. The number of carbonyl (C=O) groups excluding carboxylic acids is 2. The van der Waals surface area contributed by atoms with Gasteiger partial charge in [-0.25, -0.2) is 0 Å². The molecule has 0 aromatic rings. The van der Waals surface area contributed by atoms with Gasteiger partial charge in [-0.15, -0.1) is 0 Å². The van der Waals surface area contributed by atoms with Crippen molar-refractivity contribution in [1.29, 1.82) is 0 Å². The third-order valence-electron chi connectivity index (χ3n) is 3.55. The van der Waals surface area contributed by atoms with E-state index < -0.39 is 0 Å². The molecule has 1 heterocycles. The Bertz CT molecular complexity index is 321. The Kier molecular flexibility index (Phi) is 5.83. The van der Waals surface area contributed by atoms with Gasteiger partial charge in [-0.1, -0.05) is 34.1 Å². The van der Waals surface area contributed by atoms with Crippen molar-refractivity contribution in [2.75, 3.05) is 19.6 Å². The summed E-state index contributed by atoms with van der Waals surface area (Å²) in [6.45, 7) is 10.0. The first kappa shape index (κ1) is 16.0. The Morgan fingerprint density at radius 3 is 2.58 bits per heavy atom. The monoisotopic (exact) mass is 268 g/mol. The van der Waals surface area contributed by atoms with E-state index in [1.807, 2.05) is 25.7 Å². The molecule has 0 bridgehead atoms. The molecule has 0 saturated carbocycles. The predicted octanol–water partition coefficient (Wildman–Crippen LogP) is 2.19. The molecule has 1 fully saturated rings. The highest BCUT2D eigenvalue weighted by molar-refractivity contribution is 5.83. The van der Waals surface area contributed by atoms with Gasteiger partial charge in [-0.3, -0.25) is 9.59 Å². The number of likely N-dealkylation sites (tertiary alicyclic amines) is 1. The quantitative estimate of drug-likeness (QED) is 0.795. The van der Waals surface area contributed by atoms with Crippen molar-refractivity contribution in [2.24, 2.45) is 11.3 Å². The average Bonchev–Trinajstić information content (AvgIpc) is 2.37. The van der Waals surface area contributed by atoms with Crippen molar-refractivity contribution in [2.45, 2.75) is 53.4 Å². The first-order valence-electron chi connectivity index (χ1n) is 7.43. The molecule has 1 atom stereocenters. The number of piperidine rings is 1. The van der Waals surface area contributed by atoms with Crippen LogP contribution in [-0.4, -0.2) is 36.3 Å². The number of amides is 2. The molecule has 1 N–H and O–H groups in total. The van der Waals surface area contributed by atoms with Gasteiger partial charge in [0.25, 0.3) is 0 Å².